The van der Waals surface area contributed by atoms with Crippen LogP contribution < -0.4 is 11.1 Å². The summed E-state index contributed by atoms with van der Waals surface area (Å²) in [6.07, 6.45) is 4.42. The number of nitrogens with two attached hydrogens (primary N) is 1. The van der Waals surface area contributed by atoms with Crippen molar-refractivity contribution in [3.05, 3.63) is 0 Å². The van der Waals surface area contributed by atoms with Gasteiger partial charge in [0.2, 0.25) is 5.91 Å². The maximum Gasteiger partial charge on any atom is 0.323 e. The Kier molecular flexibility index (Phi) is 6.11. The first-order valence-electron chi connectivity index (χ1n) is 6.55. The predicted molar refractivity (Wildman–Crippen MR) is 68.4 cm³/mol. The standard InChI is InChI=1S/C12H21N3O4/c13-10(16)6-3-7-14-12(19)15(8-11(17)18)9-4-1-2-5-9/h9H,1-8H2,(H2,13,16)(H,14,19)(H,17,18). The fourth-order valence-electron chi connectivity index (χ4n) is 2.29. The molecule has 3 amide bonds. The summed E-state index contributed by atoms with van der Waals surface area (Å²) >= 11 is 0. The second kappa shape index (κ2) is 7.60. The Hall–Kier alpha value is -1.79. The summed E-state index contributed by atoms with van der Waals surface area (Å²) < 4.78 is 0. The van der Waals surface area contributed by atoms with Crippen molar-refractivity contribution in [1.82, 2.24) is 10.2 Å². The summed E-state index contributed by atoms with van der Waals surface area (Å²) in [7, 11) is 0. The molecule has 0 atom stereocenters. The lowest BCUT2D eigenvalue weighted by atomic mass is 10.2. The summed E-state index contributed by atoms with van der Waals surface area (Å²) in [5, 5.41) is 11.5. The van der Waals surface area contributed by atoms with Gasteiger partial charge in [-0.2, -0.15) is 0 Å². The number of nitrogens with zero attached hydrogens (tertiary/aromatic N) is 1. The second-order valence-corrected chi connectivity index (χ2v) is 4.76. The number of carbonyl (C=O) groups is 3. The van der Waals surface area contributed by atoms with Gasteiger partial charge in [0.15, 0.2) is 0 Å². The van der Waals surface area contributed by atoms with E-state index in [-0.39, 0.29) is 25.0 Å². The third kappa shape index (κ3) is 5.58. The molecule has 0 aliphatic heterocycles. The number of aliphatic carboxylic acids is 1. The van der Waals surface area contributed by atoms with Crippen molar-refractivity contribution in [3.63, 3.8) is 0 Å². The van der Waals surface area contributed by atoms with Crippen molar-refractivity contribution < 1.29 is 19.5 Å². The lowest BCUT2D eigenvalue weighted by Gasteiger charge is -2.27. The van der Waals surface area contributed by atoms with E-state index < -0.39 is 11.9 Å². The highest BCUT2D eigenvalue weighted by molar-refractivity contribution is 5.80. The maximum atomic E-state index is 11.9. The summed E-state index contributed by atoms with van der Waals surface area (Å²) in [5.41, 5.74) is 4.99. The molecule has 1 aliphatic carbocycles. The van der Waals surface area contributed by atoms with Gasteiger partial charge in [-0.05, 0) is 19.3 Å². The van der Waals surface area contributed by atoms with Crippen LogP contribution in [0.1, 0.15) is 38.5 Å². The number of carbonyl (C=O) groups excluding carboxylic acids is 2. The molecule has 0 unspecified atom stereocenters. The average molecular weight is 271 g/mol. The summed E-state index contributed by atoms with van der Waals surface area (Å²) in [4.78, 5) is 34.7. The molecule has 1 fully saturated rings. The molecule has 7 nitrogen and oxygen atoms in total. The molecule has 1 rings (SSSR count). The van der Waals surface area contributed by atoms with Crippen molar-refractivity contribution in [2.75, 3.05) is 13.1 Å². The molecule has 1 aliphatic rings. The van der Waals surface area contributed by atoms with Gasteiger partial charge in [0.05, 0.1) is 0 Å². The van der Waals surface area contributed by atoms with Crippen LogP contribution in [0.15, 0.2) is 0 Å². The molecule has 19 heavy (non-hydrogen) atoms. The molecule has 0 radical (unpaired) electrons. The molecule has 7 heteroatoms. The van der Waals surface area contributed by atoms with Gasteiger partial charge in [-0.1, -0.05) is 12.8 Å². The van der Waals surface area contributed by atoms with Crippen molar-refractivity contribution in [1.29, 1.82) is 0 Å². The van der Waals surface area contributed by atoms with Crippen LogP contribution >= 0.6 is 0 Å². The van der Waals surface area contributed by atoms with E-state index in [0.29, 0.717) is 13.0 Å². The first-order chi connectivity index (χ1) is 9.00. The van der Waals surface area contributed by atoms with E-state index in [1.54, 1.807) is 0 Å². The number of primary amides is 1. The fraction of sp³-hybridized carbons (Fsp3) is 0.750. The number of carboxylic acid groups (broad SMARTS) is 1. The molecule has 0 aromatic carbocycles. The van der Waals surface area contributed by atoms with Crippen molar-refractivity contribution in [2.24, 2.45) is 5.73 Å². The molecule has 0 aromatic rings. The van der Waals surface area contributed by atoms with Gasteiger partial charge in [0.25, 0.3) is 0 Å². The molecule has 0 saturated heterocycles. The van der Waals surface area contributed by atoms with Gasteiger partial charge in [-0.15, -0.1) is 0 Å². The summed E-state index contributed by atoms with van der Waals surface area (Å²) in [5.74, 6) is -1.42. The van der Waals surface area contributed by atoms with Crippen molar-refractivity contribution in [3.8, 4) is 0 Å². The highest BCUT2D eigenvalue weighted by Gasteiger charge is 2.27. The largest absolute Gasteiger partial charge is 0.480 e. The number of urea groups is 1. The predicted octanol–water partition coefficient (Wildman–Crippen LogP) is 0.291. The van der Waals surface area contributed by atoms with Gasteiger partial charge < -0.3 is 21.1 Å². The van der Waals surface area contributed by atoms with Gasteiger partial charge >= 0.3 is 12.0 Å². The monoisotopic (exact) mass is 271 g/mol. The Morgan fingerprint density at radius 1 is 1.26 bits per heavy atom. The van der Waals surface area contributed by atoms with Crippen LogP contribution in [-0.2, 0) is 9.59 Å². The Balaban J connectivity index is 2.42. The number of hydrogen-bond donors (Lipinski definition) is 3. The Bertz CT molecular complexity index is 340. The Morgan fingerprint density at radius 3 is 2.42 bits per heavy atom. The second-order valence-electron chi connectivity index (χ2n) is 4.76. The molecule has 108 valence electrons. The molecule has 1 saturated carbocycles. The first kappa shape index (κ1) is 15.3. The van der Waals surface area contributed by atoms with E-state index in [1.807, 2.05) is 0 Å². The number of hydrogen-bond acceptors (Lipinski definition) is 3. The van der Waals surface area contributed by atoms with E-state index in [0.717, 1.165) is 25.7 Å². The number of amides is 3. The van der Waals surface area contributed by atoms with Crippen molar-refractivity contribution >= 4 is 17.9 Å². The van der Waals surface area contributed by atoms with Gasteiger partial charge in [0.1, 0.15) is 6.54 Å². The fourth-order valence-corrected chi connectivity index (χ4v) is 2.29. The zero-order chi connectivity index (χ0) is 14.3. The minimum atomic E-state index is -1.01. The SMILES string of the molecule is NC(=O)CCCNC(=O)N(CC(=O)O)C1CCCC1. The molecule has 0 bridgehead atoms. The topological polar surface area (TPSA) is 113 Å². The van der Waals surface area contributed by atoms with E-state index in [4.69, 9.17) is 10.8 Å². The van der Waals surface area contributed by atoms with Crippen LogP contribution in [-0.4, -0.2) is 47.0 Å². The number of carboxylic acids is 1. The molecule has 4 N–H and O–H groups in total. The lowest BCUT2D eigenvalue weighted by Crippen LogP contribution is -2.47. The third-order valence-electron chi connectivity index (χ3n) is 3.21. The molecule has 0 aromatic heterocycles. The van der Waals surface area contributed by atoms with Gasteiger partial charge in [-0.25, -0.2) is 4.79 Å². The van der Waals surface area contributed by atoms with E-state index in [2.05, 4.69) is 5.32 Å². The Labute approximate surface area is 112 Å². The maximum absolute atomic E-state index is 11.9. The van der Waals surface area contributed by atoms with E-state index >= 15 is 0 Å². The summed E-state index contributed by atoms with van der Waals surface area (Å²) in [6, 6.07) is -0.369. The van der Waals surface area contributed by atoms with Crippen LogP contribution in [0.25, 0.3) is 0 Å². The van der Waals surface area contributed by atoms with Gasteiger partial charge in [0, 0.05) is 19.0 Å². The van der Waals surface area contributed by atoms with Crippen LogP contribution in [0.5, 0.6) is 0 Å². The molecule has 0 heterocycles. The third-order valence-corrected chi connectivity index (χ3v) is 3.21. The molecule has 0 spiro atoms. The van der Waals surface area contributed by atoms with Crippen LogP contribution in [0.4, 0.5) is 4.79 Å². The smallest absolute Gasteiger partial charge is 0.323 e. The van der Waals surface area contributed by atoms with E-state index in [9.17, 15) is 14.4 Å². The van der Waals surface area contributed by atoms with Gasteiger partial charge in [-0.3, -0.25) is 9.59 Å². The number of rotatable bonds is 7. The van der Waals surface area contributed by atoms with Crippen molar-refractivity contribution in [2.45, 2.75) is 44.6 Å². The molecular formula is C12H21N3O4. The zero-order valence-corrected chi connectivity index (χ0v) is 10.9. The molecular weight excluding hydrogens is 250 g/mol. The average Bonchev–Trinajstić information content (AvgIpc) is 2.84. The Morgan fingerprint density at radius 2 is 1.89 bits per heavy atom. The lowest BCUT2D eigenvalue weighted by molar-refractivity contribution is -0.138. The highest BCUT2D eigenvalue weighted by atomic mass is 16.4. The minimum absolute atomic E-state index is 0.00670. The first-order valence-corrected chi connectivity index (χ1v) is 6.55. The van der Waals surface area contributed by atoms with Crippen LogP contribution in [0.3, 0.4) is 0 Å². The minimum Gasteiger partial charge on any atom is -0.480 e. The highest BCUT2D eigenvalue weighted by Crippen LogP contribution is 2.23. The summed E-state index contributed by atoms with van der Waals surface area (Å²) in [6.45, 7) is 0.0386. The normalized spacial score (nSPS) is 15.2. The van der Waals surface area contributed by atoms with Crippen LogP contribution in [0, 0.1) is 0 Å². The quantitative estimate of drug-likeness (QED) is 0.577. The zero-order valence-electron chi connectivity index (χ0n) is 10.9. The van der Waals surface area contributed by atoms with Crippen LogP contribution in [0.2, 0.25) is 0 Å². The van der Waals surface area contributed by atoms with E-state index in [1.165, 1.54) is 4.90 Å². The number of nitrogens with one attached hydrogen (secondary N) is 1.